The van der Waals surface area contributed by atoms with E-state index in [1.807, 2.05) is 32.0 Å². The predicted octanol–water partition coefficient (Wildman–Crippen LogP) is 2.79. The Labute approximate surface area is 164 Å². The first-order chi connectivity index (χ1) is 13.6. The van der Waals surface area contributed by atoms with Crippen molar-refractivity contribution in [3.05, 3.63) is 47.5 Å². The van der Waals surface area contributed by atoms with Crippen LogP contribution in [0.2, 0.25) is 0 Å². The first-order valence-electron chi connectivity index (χ1n) is 9.34. The Morgan fingerprint density at radius 2 is 1.89 bits per heavy atom. The summed E-state index contributed by atoms with van der Waals surface area (Å²) in [7, 11) is 0. The smallest absolute Gasteiger partial charge is 0.262 e. The molecule has 0 bridgehead atoms. The van der Waals surface area contributed by atoms with Gasteiger partial charge >= 0.3 is 0 Å². The fourth-order valence-electron chi connectivity index (χ4n) is 2.89. The molecule has 7 heteroatoms. The van der Waals surface area contributed by atoms with E-state index in [2.05, 4.69) is 10.6 Å². The third kappa shape index (κ3) is 4.73. The van der Waals surface area contributed by atoms with Gasteiger partial charge in [-0.05, 0) is 56.2 Å². The maximum atomic E-state index is 12.4. The standard InChI is InChI=1S/C21H24N2O5/c1-3-26-17-8-5-14(11-19(17)27-4-2)9-10-22-21(25)15-6-7-16-18(12-15)28-13-20(24)23-16/h5-8,11-12H,3-4,9-10,13H2,1-2H3,(H,22,25)(H,23,24). The molecule has 0 saturated heterocycles. The summed E-state index contributed by atoms with van der Waals surface area (Å²) in [5, 5.41) is 5.60. The first-order valence-corrected chi connectivity index (χ1v) is 9.34. The highest BCUT2D eigenvalue weighted by Gasteiger charge is 2.17. The van der Waals surface area contributed by atoms with Gasteiger partial charge in [0.2, 0.25) is 0 Å². The second-order valence-corrected chi connectivity index (χ2v) is 6.20. The van der Waals surface area contributed by atoms with Gasteiger partial charge in [-0.3, -0.25) is 9.59 Å². The number of carbonyl (C=O) groups excluding carboxylic acids is 2. The van der Waals surface area contributed by atoms with Gasteiger partial charge in [-0.2, -0.15) is 0 Å². The average Bonchev–Trinajstić information content (AvgIpc) is 2.69. The average molecular weight is 384 g/mol. The molecule has 0 atom stereocenters. The number of hydrogen-bond donors (Lipinski definition) is 2. The van der Waals surface area contributed by atoms with E-state index in [0.29, 0.717) is 48.9 Å². The number of nitrogens with one attached hydrogen (secondary N) is 2. The molecule has 2 aromatic rings. The fourth-order valence-corrected chi connectivity index (χ4v) is 2.89. The molecule has 3 rings (SSSR count). The van der Waals surface area contributed by atoms with E-state index >= 15 is 0 Å². The molecule has 2 N–H and O–H groups in total. The quantitative estimate of drug-likeness (QED) is 0.731. The van der Waals surface area contributed by atoms with Crippen molar-refractivity contribution >= 4 is 17.5 Å². The van der Waals surface area contributed by atoms with Crippen molar-refractivity contribution in [1.82, 2.24) is 5.32 Å². The Bertz CT molecular complexity index is 866. The van der Waals surface area contributed by atoms with Crippen LogP contribution in [-0.4, -0.2) is 38.2 Å². The summed E-state index contributed by atoms with van der Waals surface area (Å²) >= 11 is 0. The van der Waals surface area contributed by atoms with Crippen LogP contribution in [0.3, 0.4) is 0 Å². The number of amides is 2. The van der Waals surface area contributed by atoms with Crippen LogP contribution in [0.1, 0.15) is 29.8 Å². The number of rotatable bonds is 8. The Hall–Kier alpha value is -3.22. The molecule has 1 aliphatic rings. The molecule has 0 aliphatic carbocycles. The van der Waals surface area contributed by atoms with Gasteiger partial charge in [-0.25, -0.2) is 0 Å². The third-order valence-electron chi connectivity index (χ3n) is 4.18. The van der Waals surface area contributed by atoms with Crippen molar-refractivity contribution in [1.29, 1.82) is 0 Å². The molecule has 0 radical (unpaired) electrons. The van der Waals surface area contributed by atoms with Crippen molar-refractivity contribution in [3.63, 3.8) is 0 Å². The van der Waals surface area contributed by atoms with Gasteiger partial charge in [0.25, 0.3) is 11.8 Å². The maximum Gasteiger partial charge on any atom is 0.262 e. The highest BCUT2D eigenvalue weighted by Crippen LogP contribution is 2.29. The maximum absolute atomic E-state index is 12.4. The van der Waals surface area contributed by atoms with E-state index in [-0.39, 0.29) is 18.4 Å². The minimum Gasteiger partial charge on any atom is -0.490 e. The summed E-state index contributed by atoms with van der Waals surface area (Å²) in [6.45, 7) is 5.42. The van der Waals surface area contributed by atoms with Crippen LogP contribution in [0.15, 0.2) is 36.4 Å². The van der Waals surface area contributed by atoms with Crippen molar-refractivity contribution in [2.75, 3.05) is 31.7 Å². The van der Waals surface area contributed by atoms with E-state index < -0.39 is 0 Å². The normalized spacial score (nSPS) is 12.4. The first kappa shape index (κ1) is 19.5. The number of ether oxygens (including phenoxy) is 3. The van der Waals surface area contributed by atoms with Crippen LogP contribution in [0, 0.1) is 0 Å². The molecule has 0 unspecified atom stereocenters. The summed E-state index contributed by atoms with van der Waals surface area (Å²) in [5.41, 5.74) is 2.10. The monoisotopic (exact) mass is 384 g/mol. The van der Waals surface area contributed by atoms with Gasteiger partial charge in [-0.15, -0.1) is 0 Å². The molecule has 28 heavy (non-hydrogen) atoms. The molecule has 1 aliphatic heterocycles. The zero-order valence-electron chi connectivity index (χ0n) is 16.0. The topological polar surface area (TPSA) is 85.9 Å². The molecular formula is C21H24N2O5. The lowest BCUT2D eigenvalue weighted by Crippen LogP contribution is -2.27. The summed E-state index contributed by atoms with van der Waals surface area (Å²) in [5.74, 6) is 1.53. The number of anilines is 1. The highest BCUT2D eigenvalue weighted by molar-refractivity contribution is 5.98. The summed E-state index contributed by atoms with van der Waals surface area (Å²) in [4.78, 5) is 23.7. The second kappa shape index (κ2) is 9.12. The minimum atomic E-state index is -0.202. The minimum absolute atomic E-state index is 0.0437. The fraction of sp³-hybridized carbons (Fsp3) is 0.333. The number of hydrogen-bond acceptors (Lipinski definition) is 5. The predicted molar refractivity (Wildman–Crippen MR) is 105 cm³/mol. The molecule has 148 valence electrons. The molecule has 0 fully saturated rings. The molecule has 0 aromatic heterocycles. The zero-order valence-corrected chi connectivity index (χ0v) is 16.0. The van der Waals surface area contributed by atoms with Crippen LogP contribution < -0.4 is 24.8 Å². The highest BCUT2D eigenvalue weighted by atomic mass is 16.5. The van der Waals surface area contributed by atoms with Crippen LogP contribution in [0.25, 0.3) is 0 Å². The SMILES string of the molecule is CCOc1ccc(CCNC(=O)c2ccc3c(c2)OCC(=O)N3)cc1OCC. The lowest BCUT2D eigenvalue weighted by molar-refractivity contribution is -0.118. The molecule has 2 aromatic carbocycles. The Morgan fingerprint density at radius 1 is 1.11 bits per heavy atom. The van der Waals surface area contributed by atoms with Crippen LogP contribution in [0.4, 0.5) is 5.69 Å². The number of carbonyl (C=O) groups is 2. The number of benzene rings is 2. The van der Waals surface area contributed by atoms with Gasteiger partial charge in [0.05, 0.1) is 18.9 Å². The van der Waals surface area contributed by atoms with E-state index in [1.165, 1.54) is 0 Å². The van der Waals surface area contributed by atoms with E-state index in [1.54, 1.807) is 18.2 Å². The van der Waals surface area contributed by atoms with Crippen LogP contribution in [0.5, 0.6) is 17.2 Å². The van der Waals surface area contributed by atoms with Gasteiger partial charge in [0, 0.05) is 12.1 Å². The van der Waals surface area contributed by atoms with Gasteiger partial charge in [0.1, 0.15) is 5.75 Å². The molecule has 0 saturated carbocycles. The Kier molecular flexibility index (Phi) is 6.37. The van der Waals surface area contributed by atoms with Gasteiger partial charge in [-0.1, -0.05) is 6.07 Å². The third-order valence-corrected chi connectivity index (χ3v) is 4.18. The van der Waals surface area contributed by atoms with E-state index in [4.69, 9.17) is 14.2 Å². The molecule has 1 heterocycles. The van der Waals surface area contributed by atoms with E-state index in [9.17, 15) is 9.59 Å². The lowest BCUT2D eigenvalue weighted by Gasteiger charge is -2.18. The molecule has 0 spiro atoms. The van der Waals surface area contributed by atoms with Gasteiger partial charge < -0.3 is 24.8 Å². The van der Waals surface area contributed by atoms with Crippen LogP contribution in [-0.2, 0) is 11.2 Å². The molecule has 7 nitrogen and oxygen atoms in total. The largest absolute Gasteiger partial charge is 0.490 e. The van der Waals surface area contributed by atoms with Gasteiger partial charge in [0.15, 0.2) is 18.1 Å². The molecule has 2 amide bonds. The van der Waals surface area contributed by atoms with Crippen LogP contribution >= 0.6 is 0 Å². The van der Waals surface area contributed by atoms with Crippen molar-refractivity contribution < 1.29 is 23.8 Å². The molecular weight excluding hydrogens is 360 g/mol. The summed E-state index contributed by atoms with van der Waals surface area (Å²) in [6.07, 6.45) is 0.662. The van der Waals surface area contributed by atoms with E-state index in [0.717, 1.165) is 11.3 Å². The van der Waals surface area contributed by atoms with Crippen molar-refractivity contribution in [3.8, 4) is 17.2 Å². The summed E-state index contributed by atoms with van der Waals surface area (Å²) in [6, 6.07) is 10.8. The Balaban J connectivity index is 1.58. The Morgan fingerprint density at radius 3 is 2.68 bits per heavy atom. The zero-order chi connectivity index (χ0) is 19.9. The number of fused-ring (bicyclic) bond motifs is 1. The summed E-state index contributed by atoms with van der Waals surface area (Å²) < 4.78 is 16.5. The van der Waals surface area contributed by atoms with Crippen molar-refractivity contribution in [2.24, 2.45) is 0 Å². The lowest BCUT2D eigenvalue weighted by atomic mass is 10.1. The second-order valence-electron chi connectivity index (χ2n) is 6.20. The van der Waals surface area contributed by atoms with Crippen molar-refractivity contribution in [2.45, 2.75) is 20.3 Å².